The number of carboxylic acids is 1. The number of allylic oxidation sites excluding steroid dienone is 1. The van der Waals surface area contributed by atoms with Crippen LogP contribution in [0, 0.1) is 5.41 Å². The lowest BCUT2D eigenvalue weighted by atomic mass is 9.71. The topological polar surface area (TPSA) is 189 Å². The Labute approximate surface area is 464 Å². The van der Waals surface area contributed by atoms with E-state index in [0.717, 1.165) is 86.7 Å². The first-order chi connectivity index (χ1) is 37.1. The van der Waals surface area contributed by atoms with Gasteiger partial charge in [0.05, 0.1) is 17.2 Å². The van der Waals surface area contributed by atoms with Crippen molar-refractivity contribution in [3.05, 3.63) is 119 Å². The van der Waals surface area contributed by atoms with Gasteiger partial charge in [0.25, 0.3) is 25.8 Å². The molecule has 3 aliphatic heterocycles. The molecule has 3 fully saturated rings. The fourth-order valence-corrected chi connectivity index (χ4v) is 13.8. The molecular weight excluding hydrogens is 1090 g/mol. The molecule has 2 amide bonds. The number of halogens is 4. The maximum atomic E-state index is 14.3. The van der Waals surface area contributed by atoms with Gasteiger partial charge in [-0.15, -0.1) is 11.8 Å². The van der Waals surface area contributed by atoms with Crippen molar-refractivity contribution in [2.45, 2.75) is 71.7 Å². The average Bonchev–Trinajstić information content (AvgIpc) is 3.75. The Morgan fingerprint density at radius 1 is 0.821 bits per heavy atom. The number of anilines is 2. The zero-order chi connectivity index (χ0) is 55.7. The minimum atomic E-state index is -6.09. The van der Waals surface area contributed by atoms with Crippen LogP contribution in [0.15, 0.2) is 117 Å². The summed E-state index contributed by atoms with van der Waals surface area (Å²) in [5, 5.41) is 12.8. The Balaban J connectivity index is 0.905. The van der Waals surface area contributed by atoms with Crippen LogP contribution in [0.1, 0.15) is 61.4 Å². The fourth-order valence-electron chi connectivity index (χ4n) is 10.7. The number of hydrogen-bond donors (Lipinski definition) is 3. The largest absolute Gasteiger partial charge is 0.501 e. The maximum absolute atomic E-state index is 14.3. The molecule has 422 valence electrons. The SMILES string of the molecule is C[C@@]1(CN2CCN(C(=O)CC(=O)O)CC2)CCC(c2ccc(Cl)cc2)=C(CN2CCN(c3ccc(C(=O)NS(=O)(=O)c4ccc(N[C@H](CCN5CCCOCC5)CSc5ccccc5)c(S(=O)(=O)C(F)(F)F)c4)cc3)CC2)C1. The third kappa shape index (κ3) is 15.6. The zero-order valence-corrected chi connectivity index (χ0v) is 46.8. The summed E-state index contributed by atoms with van der Waals surface area (Å²) in [4.78, 5) is 46.6. The van der Waals surface area contributed by atoms with Gasteiger partial charge in [0.2, 0.25) is 5.91 Å². The molecule has 3 saturated heterocycles. The van der Waals surface area contributed by atoms with Gasteiger partial charge in [-0.05, 0) is 115 Å². The van der Waals surface area contributed by atoms with Crippen LogP contribution >= 0.6 is 23.4 Å². The molecule has 0 spiro atoms. The van der Waals surface area contributed by atoms with Gasteiger partial charge in [0.1, 0.15) is 11.3 Å². The van der Waals surface area contributed by atoms with Crippen LogP contribution in [0.3, 0.4) is 0 Å². The van der Waals surface area contributed by atoms with E-state index >= 15 is 0 Å². The molecule has 0 radical (unpaired) electrons. The van der Waals surface area contributed by atoms with Crippen molar-refractivity contribution < 1.29 is 54.2 Å². The number of nitrogens with zero attached hydrogens (tertiary/aromatic N) is 5. The number of carbonyl (C=O) groups excluding carboxylic acids is 2. The first kappa shape index (κ1) is 58.9. The second-order valence-electron chi connectivity index (χ2n) is 20.7. The summed E-state index contributed by atoms with van der Waals surface area (Å²) in [6, 6.07) is 25.5. The van der Waals surface area contributed by atoms with E-state index in [4.69, 9.17) is 21.4 Å². The standard InChI is InChI=1S/C55H67ClF3N7O9S3/c1-54(39-64-25-29-66(30-26-64)51(67)35-52(68)69)20-18-48(40-8-12-43(56)13-9-40)42(36-54)37-63-23-27-65(28-24-63)45-14-10-41(11-15-45)53(70)61-78(73,74)47-16-17-49(50(34-47)77(71,72)55(57,58)59)60-44(38-76-46-6-3-2-4-7-46)19-22-62-21-5-32-75-33-31-62/h2-4,6-17,34,44,60H,5,18-33,35-39H2,1H3,(H,61,70)(H,68,69)/t44-,54-/m1/s1. The molecule has 8 rings (SSSR count). The number of ether oxygens (including phenoxy) is 1. The van der Waals surface area contributed by atoms with Crippen LogP contribution in [-0.2, 0) is 34.2 Å². The van der Waals surface area contributed by atoms with Crippen LogP contribution < -0.4 is 14.9 Å². The lowest BCUT2D eigenvalue weighted by Crippen LogP contribution is -2.52. The Kier molecular flexibility index (Phi) is 19.6. The highest BCUT2D eigenvalue weighted by atomic mass is 35.5. The number of rotatable bonds is 20. The molecule has 4 aliphatic rings. The molecule has 0 aromatic heterocycles. The van der Waals surface area contributed by atoms with Gasteiger partial charge in [-0.2, -0.15) is 13.2 Å². The van der Waals surface area contributed by atoms with Crippen LogP contribution in [0.2, 0.25) is 5.02 Å². The van der Waals surface area contributed by atoms with Crippen LogP contribution in [0.25, 0.3) is 5.57 Å². The van der Waals surface area contributed by atoms with Crippen molar-refractivity contribution in [3.63, 3.8) is 0 Å². The lowest BCUT2D eigenvalue weighted by molar-refractivity contribution is -0.145. The molecule has 23 heteroatoms. The number of thioether (sulfide) groups is 1. The Morgan fingerprint density at radius 3 is 2.19 bits per heavy atom. The summed E-state index contributed by atoms with van der Waals surface area (Å²) in [6.45, 7) is 12.2. The summed E-state index contributed by atoms with van der Waals surface area (Å²) < 4.78 is 104. The highest BCUT2D eigenvalue weighted by Gasteiger charge is 2.48. The van der Waals surface area contributed by atoms with Gasteiger partial charge in [-0.3, -0.25) is 24.2 Å². The summed E-state index contributed by atoms with van der Waals surface area (Å²) in [7, 11) is -11.0. The first-order valence-electron chi connectivity index (χ1n) is 26.2. The number of piperazine rings is 2. The Bertz CT molecular complexity index is 2990. The van der Waals surface area contributed by atoms with E-state index in [1.54, 1.807) is 17.0 Å². The number of sulfonamides is 1. The fraction of sp³-hybridized carbons (Fsp3) is 0.473. The summed E-state index contributed by atoms with van der Waals surface area (Å²) in [5.41, 5.74) is -1.62. The summed E-state index contributed by atoms with van der Waals surface area (Å²) in [6.07, 6.45) is 3.49. The summed E-state index contributed by atoms with van der Waals surface area (Å²) in [5.74, 6) is -2.18. The lowest BCUT2D eigenvalue weighted by Gasteiger charge is -2.44. The molecule has 4 aromatic rings. The monoisotopic (exact) mass is 1160 g/mol. The van der Waals surface area contributed by atoms with E-state index in [1.165, 1.54) is 35.0 Å². The molecule has 3 heterocycles. The molecule has 78 heavy (non-hydrogen) atoms. The van der Waals surface area contributed by atoms with Crippen molar-refractivity contribution in [1.29, 1.82) is 0 Å². The van der Waals surface area contributed by atoms with Gasteiger partial charge >= 0.3 is 11.5 Å². The van der Waals surface area contributed by atoms with Crippen molar-refractivity contribution >= 4 is 78.0 Å². The molecule has 16 nitrogen and oxygen atoms in total. The number of nitrogens with one attached hydrogen (secondary N) is 2. The van der Waals surface area contributed by atoms with Crippen molar-refractivity contribution in [2.24, 2.45) is 5.41 Å². The number of sulfone groups is 1. The summed E-state index contributed by atoms with van der Waals surface area (Å²) >= 11 is 7.74. The Morgan fingerprint density at radius 2 is 1.51 bits per heavy atom. The number of alkyl halides is 3. The van der Waals surface area contributed by atoms with Gasteiger partial charge < -0.3 is 29.9 Å². The van der Waals surface area contributed by atoms with E-state index < -0.39 is 65.2 Å². The smallest absolute Gasteiger partial charge is 0.481 e. The predicted octanol–water partition coefficient (Wildman–Crippen LogP) is 7.82. The molecule has 4 aromatic carbocycles. The molecule has 3 N–H and O–H groups in total. The molecular formula is C55H67ClF3N7O9S3. The minimum absolute atomic E-state index is 0.0261. The van der Waals surface area contributed by atoms with E-state index in [0.29, 0.717) is 88.8 Å². The van der Waals surface area contributed by atoms with Gasteiger partial charge in [-0.25, -0.2) is 21.6 Å². The van der Waals surface area contributed by atoms with Gasteiger partial charge in [-0.1, -0.05) is 54.4 Å². The van der Waals surface area contributed by atoms with Crippen LogP contribution in [-0.4, -0.2) is 175 Å². The number of carboxylic acid groups (broad SMARTS) is 1. The van der Waals surface area contributed by atoms with Crippen LogP contribution in [0.4, 0.5) is 24.5 Å². The normalized spacial score (nSPS) is 20.0. The second kappa shape index (κ2) is 25.9. The van der Waals surface area contributed by atoms with Crippen molar-refractivity contribution in [2.75, 3.05) is 114 Å². The maximum Gasteiger partial charge on any atom is 0.501 e. The van der Waals surface area contributed by atoms with E-state index in [9.17, 15) is 44.4 Å². The minimum Gasteiger partial charge on any atom is -0.481 e. The van der Waals surface area contributed by atoms with Crippen molar-refractivity contribution in [1.82, 2.24) is 24.3 Å². The molecule has 0 unspecified atom stereocenters. The third-order valence-corrected chi connectivity index (χ3v) is 19.2. The highest BCUT2D eigenvalue weighted by Crippen LogP contribution is 2.44. The number of aliphatic carboxylic acids is 1. The van der Waals surface area contributed by atoms with E-state index in [-0.39, 0.29) is 16.9 Å². The van der Waals surface area contributed by atoms with Crippen LogP contribution in [0.5, 0.6) is 0 Å². The highest BCUT2D eigenvalue weighted by molar-refractivity contribution is 7.99. The number of benzene rings is 4. The third-order valence-electron chi connectivity index (χ3n) is 14.9. The average molecular weight is 1160 g/mol. The molecule has 2 atom stereocenters. The second-order valence-corrected chi connectivity index (χ2v) is 25.8. The van der Waals surface area contributed by atoms with Crippen molar-refractivity contribution in [3.8, 4) is 0 Å². The molecule has 0 bridgehead atoms. The molecule has 1 aliphatic carbocycles. The van der Waals surface area contributed by atoms with Gasteiger partial charge in [0, 0.05) is 125 Å². The zero-order valence-electron chi connectivity index (χ0n) is 43.6. The number of hydrogen-bond acceptors (Lipinski definition) is 14. The Hall–Kier alpha value is -5.20. The molecule has 0 saturated carbocycles. The van der Waals surface area contributed by atoms with E-state index in [1.807, 2.05) is 47.2 Å². The predicted molar refractivity (Wildman–Crippen MR) is 296 cm³/mol. The number of carbonyl (C=O) groups is 3. The number of amides is 2. The van der Waals surface area contributed by atoms with E-state index in [2.05, 4.69) is 44.0 Å². The van der Waals surface area contributed by atoms with Gasteiger partial charge in [0.15, 0.2) is 0 Å². The first-order valence-corrected chi connectivity index (χ1v) is 30.5. The quantitative estimate of drug-likeness (QED) is 0.0574.